The van der Waals surface area contributed by atoms with Crippen LogP contribution in [0.1, 0.15) is 32.1 Å². The van der Waals surface area contributed by atoms with Gasteiger partial charge in [0.25, 0.3) is 0 Å². The molecular weight excluding hydrogens is 244 g/mol. The molecule has 1 unspecified atom stereocenters. The summed E-state index contributed by atoms with van der Waals surface area (Å²) in [5, 5.41) is 9.11. The third-order valence-corrected chi connectivity index (χ3v) is 4.68. The Morgan fingerprint density at radius 1 is 1.21 bits per heavy atom. The molecule has 0 aromatic carbocycles. The van der Waals surface area contributed by atoms with Gasteiger partial charge < -0.3 is 14.9 Å². The molecule has 5 nitrogen and oxygen atoms in total. The lowest BCUT2D eigenvalue weighted by molar-refractivity contribution is -0.137. The number of piperidine rings is 1. The van der Waals surface area contributed by atoms with Gasteiger partial charge in [0.05, 0.1) is 5.92 Å². The predicted octanol–water partition coefficient (Wildman–Crippen LogP) is 0.228. The molecule has 1 N–H and O–H groups in total. The minimum atomic E-state index is -0.126. The van der Waals surface area contributed by atoms with Crippen LogP contribution in [0.4, 0.5) is 0 Å². The van der Waals surface area contributed by atoms with E-state index in [1.165, 1.54) is 0 Å². The van der Waals surface area contributed by atoms with Gasteiger partial charge in [0, 0.05) is 38.7 Å². The molecule has 3 rings (SSSR count). The molecule has 0 radical (unpaired) electrons. The molecule has 1 aliphatic carbocycles. The van der Waals surface area contributed by atoms with Crippen molar-refractivity contribution in [3.8, 4) is 0 Å². The largest absolute Gasteiger partial charge is 0.396 e. The highest BCUT2D eigenvalue weighted by Gasteiger charge is 2.43. The SMILES string of the molecule is O=C(C1CC(=O)N(C2CC2)C1)N1CCC(CO)CC1. The van der Waals surface area contributed by atoms with E-state index in [1.54, 1.807) is 0 Å². The molecule has 1 saturated carbocycles. The van der Waals surface area contributed by atoms with Crippen molar-refractivity contribution in [3.63, 3.8) is 0 Å². The van der Waals surface area contributed by atoms with Gasteiger partial charge in [-0.2, -0.15) is 0 Å². The molecule has 0 aromatic rings. The van der Waals surface area contributed by atoms with Gasteiger partial charge in [-0.05, 0) is 31.6 Å². The molecule has 3 aliphatic rings. The molecule has 0 aromatic heterocycles. The average Bonchev–Trinajstić information content (AvgIpc) is 3.21. The second-order valence-corrected chi connectivity index (χ2v) is 6.13. The summed E-state index contributed by atoms with van der Waals surface area (Å²) in [6, 6.07) is 0.422. The summed E-state index contributed by atoms with van der Waals surface area (Å²) in [4.78, 5) is 28.1. The average molecular weight is 266 g/mol. The van der Waals surface area contributed by atoms with Crippen LogP contribution in [-0.4, -0.2) is 59.0 Å². The van der Waals surface area contributed by atoms with Gasteiger partial charge in [0.2, 0.25) is 11.8 Å². The van der Waals surface area contributed by atoms with Crippen LogP contribution in [0.5, 0.6) is 0 Å². The lowest BCUT2D eigenvalue weighted by Crippen LogP contribution is -2.43. The van der Waals surface area contributed by atoms with Crippen molar-refractivity contribution >= 4 is 11.8 Å². The number of likely N-dealkylation sites (tertiary alicyclic amines) is 2. The quantitative estimate of drug-likeness (QED) is 0.795. The van der Waals surface area contributed by atoms with Gasteiger partial charge in [0.15, 0.2) is 0 Å². The normalized spacial score (nSPS) is 29.1. The minimum Gasteiger partial charge on any atom is -0.396 e. The van der Waals surface area contributed by atoms with E-state index in [1.807, 2.05) is 9.80 Å². The molecule has 0 bridgehead atoms. The van der Waals surface area contributed by atoms with Gasteiger partial charge in [-0.15, -0.1) is 0 Å². The van der Waals surface area contributed by atoms with Gasteiger partial charge in [-0.1, -0.05) is 0 Å². The Bertz CT molecular complexity index is 373. The molecule has 2 heterocycles. The van der Waals surface area contributed by atoms with Crippen molar-refractivity contribution in [2.75, 3.05) is 26.2 Å². The Balaban J connectivity index is 1.55. The standard InChI is InChI=1S/C14H22N2O3/c17-9-10-3-5-15(6-4-10)14(19)11-7-13(18)16(8-11)12-1-2-12/h10-12,17H,1-9H2. The number of aliphatic hydroxyl groups is 1. The zero-order valence-corrected chi connectivity index (χ0v) is 11.3. The Morgan fingerprint density at radius 2 is 1.89 bits per heavy atom. The molecule has 5 heteroatoms. The molecule has 106 valence electrons. The Labute approximate surface area is 113 Å². The minimum absolute atomic E-state index is 0.126. The first-order valence-corrected chi connectivity index (χ1v) is 7.38. The predicted molar refractivity (Wildman–Crippen MR) is 69.2 cm³/mol. The van der Waals surface area contributed by atoms with Gasteiger partial charge >= 0.3 is 0 Å². The van der Waals surface area contributed by atoms with Gasteiger partial charge in [-0.25, -0.2) is 0 Å². The smallest absolute Gasteiger partial charge is 0.227 e. The summed E-state index contributed by atoms with van der Waals surface area (Å²) < 4.78 is 0. The number of carbonyl (C=O) groups excluding carboxylic acids is 2. The molecule has 2 amide bonds. The monoisotopic (exact) mass is 266 g/mol. The number of nitrogens with zero attached hydrogens (tertiary/aromatic N) is 2. The van der Waals surface area contributed by atoms with Crippen molar-refractivity contribution in [1.82, 2.24) is 9.80 Å². The van der Waals surface area contributed by atoms with E-state index < -0.39 is 0 Å². The maximum Gasteiger partial charge on any atom is 0.227 e. The van der Waals surface area contributed by atoms with E-state index in [2.05, 4.69) is 0 Å². The van der Waals surface area contributed by atoms with E-state index in [-0.39, 0.29) is 24.3 Å². The van der Waals surface area contributed by atoms with Crippen LogP contribution >= 0.6 is 0 Å². The highest BCUT2D eigenvalue weighted by Crippen LogP contribution is 2.33. The van der Waals surface area contributed by atoms with E-state index in [0.29, 0.717) is 24.9 Å². The molecule has 0 spiro atoms. The van der Waals surface area contributed by atoms with Crippen LogP contribution in [0.25, 0.3) is 0 Å². The maximum absolute atomic E-state index is 12.4. The van der Waals surface area contributed by atoms with Gasteiger partial charge in [0.1, 0.15) is 0 Å². The number of hydrogen-bond donors (Lipinski definition) is 1. The van der Waals surface area contributed by atoms with Crippen LogP contribution in [0.15, 0.2) is 0 Å². The van der Waals surface area contributed by atoms with Crippen LogP contribution in [0.3, 0.4) is 0 Å². The van der Waals surface area contributed by atoms with Crippen LogP contribution in [0.2, 0.25) is 0 Å². The number of aliphatic hydroxyl groups excluding tert-OH is 1. The first kappa shape index (κ1) is 12.9. The first-order valence-electron chi connectivity index (χ1n) is 7.38. The number of hydrogen-bond acceptors (Lipinski definition) is 3. The first-order chi connectivity index (χ1) is 9.19. The highest BCUT2D eigenvalue weighted by atomic mass is 16.3. The Hall–Kier alpha value is -1.10. The lowest BCUT2D eigenvalue weighted by atomic mass is 9.96. The highest BCUT2D eigenvalue weighted by molar-refractivity contribution is 5.89. The van der Waals surface area contributed by atoms with E-state index in [4.69, 9.17) is 5.11 Å². The second kappa shape index (κ2) is 5.12. The second-order valence-electron chi connectivity index (χ2n) is 6.13. The van der Waals surface area contributed by atoms with Gasteiger partial charge in [-0.3, -0.25) is 9.59 Å². The Kier molecular flexibility index (Phi) is 3.48. The van der Waals surface area contributed by atoms with Crippen molar-refractivity contribution in [2.24, 2.45) is 11.8 Å². The van der Waals surface area contributed by atoms with E-state index in [9.17, 15) is 9.59 Å². The fourth-order valence-corrected chi connectivity index (χ4v) is 3.23. The summed E-state index contributed by atoms with van der Waals surface area (Å²) >= 11 is 0. The molecule has 3 fully saturated rings. The third-order valence-electron chi connectivity index (χ3n) is 4.68. The van der Waals surface area contributed by atoms with Crippen molar-refractivity contribution < 1.29 is 14.7 Å². The van der Waals surface area contributed by atoms with Crippen molar-refractivity contribution in [2.45, 2.75) is 38.1 Å². The number of carbonyl (C=O) groups is 2. The summed E-state index contributed by atoms with van der Waals surface area (Å²) in [6.07, 6.45) is 4.38. The maximum atomic E-state index is 12.4. The van der Waals surface area contributed by atoms with Crippen LogP contribution in [0, 0.1) is 11.8 Å². The molecule has 2 aliphatic heterocycles. The van der Waals surface area contributed by atoms with Crippen LogP contribution < -0.4 is 0 Å². The molecule has 2 saturated heterocycles. The summed E-state index contributed by atoms with van der Waals surface area (Å²) in [7, 11) is 0. The summed E-state index contributed by atoms with van der Waals surface area (Å²) in [5.74, 6) is 0.523. The summed E-state index contributed by atoms with van der Waals surface area (Å²) in [6.45, 7) is 2.32. The van der Waals surface area contributed by atoms with E-state index >= 15 is 0 Å². The summed E-state index contributed by atoms with van der Waals surface area (Å²) in [5.41, 5.74) is 0. The Morgan fingerprint density at radius 3 is 2.47 bits per heavy atom. The van der Waals surface area contributed by atoms with Crippen LogP contribution in [-0.2, 0) is 9.59 Å². The third kappa shape index (κ3) is 2.61. The zero-order chi connectivity index (χ0) is 13.4. The fraction of sp³-hybridized carbons (Fsp3) is 0.857. The molecule has 1 atom stereocenters. The topological polar surface area (TPSA) is 60.9 Å². The zero-order valence-electron chi connectivity index (χ0n) is 11.3. The van der Waals surface area contributed by atoms with Crippen molar-refractivity contribution in [1.29, 1.82) is 0 Å². The van der Waals surface area contributed by atoms with E-state index in [0.717, 1.165) is 38.8 Å². The van der Waals surface area contributed by atoms with Crippen molar-refractivity contribution in [3.05, 3.63) is 0 Å². The number of rotatable bonds is 3. The number of amides is 2. The molecule has 19 heavy (non-hydrogen) atoms. The lowest BCUT2D eigenvalue weighted by Gasteiger charge is -2.32. The molecular formula is C14H22N2O3. The fourth-order valence-electron chi connectivity index (χ4n) is 3.23.